The third kappa shape index (κ3) is 3.61. The van der Waals surface area contributed by atoms with Crippen LogP contribution < -0.4 is 0 Å². The Balaban J connectivity index is 1.67. The van der Waals surface area contributed by atoms with Crippen molar-refractivity contribution in [2.75, 3.05) is 0 Å². The van der Waals surface area contributed by atoms with E-state index in [9.17, 15) is 14.0 Å². The predicted octanol–water partition coefficient (Wildman–Crippen LogP) is 4.03. The van der Waals surface area contributed by atoms with Gasteiger partial charge in [0.05, 0.1) is 34.7 Å². The number of aromatic nitrogens is 1. The van der Waals surface area contributed by atoms with Crippen LogP contribution in [0.2, 0.25) is 0 Å². The second-order valence-electron chi connectivity index (χ2n) is 6.10. The molecule has 5 nitrogen and oxygen atoms in total. The number of carbonyl (C=O) groups excluding carboxylic acids is 2. The van der Waals surface area contributed by atoms with Crippen LogP contribution in [0.1, 0.15) is 17.0 Å². The number of imide groups is 1. The van der Waals surface area contributed by atoms with Gasteiger partial charge in [-0.3, -0.25) is 19.5 Å². The molecule has 0 bridgehead atoms. The maximum atomic E-state index is 13.3. The molecule has 2 aromatic heterocycles. The van der Waals surface area contributed by atoms with Crippen molar-refractivity contribution in [2.45, 2.75) is 12.3 Å². The number of thioether (sulfide) groups is 1. The maximum absolute atomic E-state index is 13.3. The van der Waals surface area contributed by atoms with Gasteiger partial charge < -0.3 is 4.42 Å². The molecule has 1 aliphatic heterocycles. The van der Waals surface area contributed by atoms with Crippen LogP contribution in [0.4, 0.5) is 4.39 Å². The van der Waals surface area contributed by atoms with E-state index in [1.54, 1.807) is 42.8 Å². The molecule has 2 amide bonds. The van der Waals surface area contributed by atoms with Crippen LogP contribution in [0.3, 0.4) is 0 Å². The van der Waals surface area contributed by atoms with Gasteiger partial charge in [0.15, 0.2) is 0 Å². The average Bonchev–Trinajstić information content (AvgIpc) is 3.30. The van der Waals surface area contributed by atoms with E-state index >= 15 is 0 Å². The molecule has 0 atom stereocenters. The summed E-state index contributed by atoms with van der Waals surface area (Å²) >= 11 is 1.23. The van der Waals surface area contributed by atoms with Crippen molar-refractivity contribution in [3.63, 3.8) is 0 Å². The van der Waals surface area contributed by atoms with Crippen molar-refractivity contribution >= 4 is 29.1 Å². The molecule has 0 saturated carbocycles. The van der Waals surface area contributed by atoms with Crippen LogP contribution in [0, 0.1) is 5.82 Å². The zero-order chi connectivity index (χ0) is 19.5. The fourth-order valence-electron chi connectivity index (χ4n) is 2.89. The Morgan fingerprint density at radius 3 is 2.50 bits per heavy atom. The van der Waals surface area contributed by atoms with Crippen molar-refractivity contribution in [3.8, 4) is 0 Å². The molecule has 0 radical (unpaired) electrons. The van der Waals surface area contributed by atoms with Crippen LogP contribution in [-0.4, -0.2) is 21.7 Å². The smallest absolute Gasteiger partial charge is 0.268 e. The molecule has 0 fully saturated rings. The van der Waals surface area contributed by atoms with E-state index < -0.39 is 11.7 Å². The van der Waals surface area contributed by atoms with E-state index in [1.165, 1.54) is 40.9 Å². The number of rotatable bonds is 6. The minimum absolute atomic E-state index is 0.0774. The Labute approximate surface area is 164 Å². The monoisotopic (exact) mass is 394 g/mol. The molecular weight excluding hydrogens is 379 g/mol. The van der Waals surface area contributed by atoms with Gasteiger partial charge in [0.1, 0.15) is 11.6 Å². The summed E-state index contributed by atoms with van der Waals surface area (Å²) in [6, 6.07) is 14.5. The third-order valence-electron chi connectivity index (χ3n) is 4.24. The van der Waals surface area contributed by atoms with E-state index in [0.29, 0.717) is 27.7 Å². The second-order valence-corrected chi connectivity index (χ2v) is 7.08. The van der Waals surface area contributed by atoms with Crippen LogP contribution in [-0.2, 0) is 21.9 Å². The number of furan rings is 1. The molecule has 3 heterocycles. The number of pyridine rings is 1. The van der Waals surface area contributed by atoms with Crippen LogP contribution in [0.5, 0.6) is 0 Å². The first-order chi connectivity index (χ1) is 13.6. The number of nitrogens with zero attached hydrogens (tertiary/aromatic N) is 2. The largest absolute Gasteiger partial charge is 0.468 e. The second kappa shape index (κ2) is 7.82. The summed E-state index contributed by atoms with van der Waals surface area (Å²) in [5.41, 5.74) is 1.39. The molecule has 1 aromatic carbocycles. The highest BCUT2D eigenvalue weighted by atomic mass is 32.2. The molecule has 1 aliphatic rings. The first-order valence-electron chi connectivity index (χ1n) is 8.55. The minimum atomic E-state index is -0.413. The predicted molar refractivity (Wildman–Crippen MR) is 103 cm³/mol. The SMILES string of the molecule is O=C1C(SCc2ccco2)=C(c2ccc(F)cc2)C(=O)N1Cc1ccccn1. The van der Waals surface area contributed by atoms with Crippen molar-refractivity contribution in [1.82, 2.24) is 9.88 Å². The lowest BCUT2D eigenvalue weighted by Gasteiger charge is -2.14. The van der Waals surface area contributed by atoms with E-state index in [4.69, 9.17) is 4.42 Å². The van der Waals surface area contributed by atoms with Crippen LogP contribution >= 0.6 is 11.8 Å². The van der Waals surface area contributed by atoms with Crippen molar-refractivity contribution in [1.29, 1.82) is 0 Å². The van der Waals surface area contributed by atoms with Gasteiger partial charge in [0.25, 0.3) is 11.8 Å². The zero-order valence-corrected chi connectivity index (χ0v) is 15.5. The molecule has 0 aliphatic carbocycles. The molecule has 0 unspecified atom stereocenters. The Morgan fingerprint density at radius 2 is 1.82 bits per heavy atom. The number of halogens is 1. The molecule has 3 aromatic rings. The number of carbonyl (C=O) groups is 2. The minimum Gasteiger partial charge on any atom is -0.468 e. The van der Waals surface area contributed by atoms with Gasteiger partial charge in [-0.2, -0.15) is 0 Å². The molecule has 28 heavy (non-hydrogen) atoms. The molecule has 140 valence electrons. The van der Waals surface area contributed by atoms with Crippen LogP contribution in [0.15, 0.2) is 76.4 Å². The van der Waals surface area contributed by atoms with E-state index in [1.807, 2.05) is 0 Å². The molecule has 7 heteroatoms. The Bertz CT molecular complexity index is 1030. The number of amides is 2. The van der Waals surface area contributed by atoms with E-state index in [2.05, 4.69) is 4.98 Å². The summed E-state index contributed by atoms with van der Waals surface area (Å²) in [7, 11) is 0. The van der Waals surface area contributed by atoms with Crippen molar-refractivity contribution in [2.24, 2.45) is 0 Å². The summed E-state index contributed by atoms with van der Waals surface area (Å²) in [4.78, 5) is 31.8. The summed E-state index contributed by atoms with van der Waals surface area (Å²) in [5.74, 6) is -0.102. The van der Waals surface area contributed by atoms with Crippen molar-refractivity contribution < 1.29 is 18.4 Å². The molecule has 0 N–H and O–H groups in total. The molecular formula is C21H15FN2O3S. The fourth-order valence-corrected chi connectivity index (χ4v) is 3.93. The summed E-state index contributed by atoms with van der Waals surface area (Å²) in [6.07, 6.45) is 3.17. The number of benzene rings is 1. The highest BCUT2D eigenvalue weighted by molar-refractivity contribution is 8.03. The van der Waals surface area contributed by atoms with Crippen LogP contribution in [0.25, 0.3) is 5.57 Å². The molecule has 4 rings (SSSR count). The first kappa shape index (κ1) is 18.2. The van der Waals surface area contributed by atoms with Gasteiger partial charge in [-0.05, 0) is 42.0 Å². The summed E-state index contributed by atoms with van der Waals surface area (Å²) in [5, 5.41) is 0. The molecule has 0 spiro atoms. The quantitative estimate of drug-likeness (QED) is 0.591. The number of hydrogen-bond acceptors (Lipinski definition) is 5. The van der Waals surface area contributed by atoms with E-state index in [0.717, 1.165) is 0 Å². The standard InChI is InChI=1S/C21H15FN2O3S/c22-15-8-6-14(7-9-15)18-19(28-13-17-5-3-11-27-17)21(26)24(20(18)25)12-16-4-1-2-10-23-16/h1-11H,12-13H2. The fraction of sp³-hybridized carbons (Fsp3) is 0.0952. The zero-order valence-electron chi connectivity index (χ0n) is 14.7. The summed E-state index contributed by atoms with van der Waals surface area (Å²) < 4.78 is 18.7. The van der Waals surface area contributed by atoms with Gasteiger partial charge in [-0.25, -0.2) is 4.39 Å². The maximum Gasteiger partial charge on any atom is 0.268 e. The summed E-state index contributed by atoms with van der Waals surface area (Å²) in [6.45, 7) is 0.0774. The Morgan fingerprint density at radius 1 is 1.00 bits per heavy atom. The lowest BCUT2D eigenvalue weighted by molar-refractivity contribution is -0.137. The normalized spacial score (nSPS) is 14.2. The highest BCUT2D eigenvalue weighted by Gasteiger charge is 2.39. The van der Waals surface area contributed by atoms with Gasteiger partial charge in [0.2, 0.25) is 0 Å². The van der Waals surface area contributed by atoms with E-state index in [-0.39, 0.29) is 18.0 Å². The number of hydrogen-bond donors (Lipinski definition) is 0. The van der Waals surface area contributed by atoms with Gasteiger partial charge >= 0.3 is 0 Å². The van der Waals surface area contributed by atoms with Gasteiger partial charge in [-0.1, -0.05) is 18.2 Å². The molecule has 0 saturated heterocycles. The topological polar surface area (TPSA) is 63.4 Å². The van der Waals surface area contributed by atoms with Gasteiger partial charge in [0, 0.05) is 6.20 Å². The first-order valence-corrected chi connectivity index (χ1v) is 9.53. The third-order valence-corrected chi connectivity index (χ3v) is 5.34. The lowest BCUT2D eigenvalue weighted by atomic mass is 10.1. The Hall–Kier alpha value is -3.19. The average molecular weight is 394 g/mol. The highest BCUT2D eigenvalue weighted by Crippen LogP contribution is 2.38. The van der Waals surface area contributed by atoms with Gasteiger partial charge in [-0.15, -0.1) is 11.8 Å². The van der Waals surface area contributed by atoms with Crippen molar-refractivity contribution in [3.05, 3.63) is 94.8 Å². The lowest BCUT2D eigenvalue weighted by Crippen LogP contribution is -2.31. The Kier molecular flexibility index (Phi) is 5.08.